The van der Waals surface area contributed by atoms with Crippen molar-refractivity contribution in [2.45, 2.75) is 51.5 Å². The second-order valence-corrected chi connectivity index (χ2v) is 11.3. The molecule has 2 bridgehead atoms. The van der Waals surface area contributed by atoms with Gasteiger partial charge in [-0.3, -0.25) is 9.35 Å². The summed E-state index contributed by atoms with van der Waals surface area (Å²) >= 11 is 0. The molecule has 14 heteroatoms. The molecule has 0 saturated carbocycles. The molecule has 0 saturated heterocycles. The van der Waals surface area contributed by atoms with Crippen molar-refractivity contribution >= 4 is 27.3 Å². The highest BCUT2D eigenvalue weighted by molar-refractivity contribution is 7.80. The Labute approximate surface area is 233 Å². The van der Waals surface area contributed by atoms with Crippen molar-refractivity contribution in [2.75, 3.05) is 6.54 Å². The van der Waals surface area contributed by atoms with Crippen molar-refractivity contribution in [1.82, 2.24) is 24.4 Å². The highest BCUT2D eigenvalue weighted by Gasteiger charge is 2.45. The van der Waals surface area contributed by atoms with E-state index in [2.05, 4.69) is 9.97 Å². The third kappa shape index (κ3) is 4.61. The second-order valence-electron chi connectivity index (χ2n) is 10.3. The Balaban J connectivity index is 1.46. The van der Waals surface area contributed by atoms with Gasteiger partial charge in [-0.25, -0.2) is 19.1 Å². The molecule has 0 unspecified atom stereocenters. The summed E-state index contributed by atoms with van der Waals surface area (Å²) < 4.78 is 69.8. The molecular formula is C27H25F2N5O6S. The van der Waals surface area contributed by atoms with Crippen LogP contribution in [0.5, 0.6) is 5.75 Å². The van der Waals surface area contributed by atoms with Crippen molar-refractivity contribution in [3.05, 3.63) is 71.6 Å². The summed E-state index contributed by atoms with van der Waals surface area (Å²) in [6, 6.07) is 9.33. The van der Waals surface area contributed by atoms with E-state index in [1.165, 1.54) is 38.4 Å². The number of carbonyl (C=O) groups is 1. The maximum Gasteiger partial charge on any atom is 0.398 e. The maximum atomic E-state index is 13.5. The summed E-state index contributed by atoms with van der Waals surface area (Å²) in [6.07, 6.45) is 3.47. The molecule has 0 spiro atoms. The lowest BCUT2D eigenvalue weighted by molar-refractivity contribution is -0.0507. The zero-order chi connectivity index (χ0) is 29.3. The summed E-state index contributed by atoms with van der Waals surface area (Å²) in [5, 5.41) is 0. The molecule has 2 aliphatic heterocycles. The van der Waals surface area contributed by atoms with E-state index in [0.717, 1.165) is 11.1 Å². The van der Waals surface area contributed by atoms with Crippen molar-refractivity contribution in [3.8, 4) is 16.9 Å². The quantitative estimate of drug-likeness (QED) is 0.307. The monoisotopic (exact) mass is 585 g/mol. The summed E-state index contributed by atoms with van der Waals surface area (Å²) in [5.74, 6) is 0.400. The molecule has 11 nitrogen and oxygen atoms in total. The van der Waals surface area contributed by atoms with Crippen LogP contribution in [0.1, 0.15) is 66.8 Å². The number of benzene rings is 2. The molecule has 6 rings (SSSR count). The van der Waals surface area contributed by atoms with Gasteiger partial charge in [0.15, 0.2) is 5.82 Å². The number of fused-ring (bicyclic) bond motifs is 9. The predicted octanol–water partition coefficient (Wildman–Crippen LogP) is 4.66. The predicted molar refractivity (Wildman–Crippen MR) is 142 cm³/mol. The van der Waals surface area contributed by atoms with E-state index in [9.17, 15) is 22.0 Å². The van der Waals surface area contributed by atoms with Crippen LogP contribution in [-0.2, 0) is 20.2 Å². The van der Waals surface area contributed by atoms with Crippen molar-refractivity contribution < 1.29 is 35.5 Å². The standard InChI is InChI=1S/C27H25F2N5O6S/c1-4-33-20-11-19(22-16(24(33)35)6-5-7-21(22)39-26(28)29)34-18-10-14(8-9-17(18)32-23(20)34)15-12-30-25(31-13-15)27(2,3)40-41(36,37)38/h5-10,12-13,19-20,26H,4,11H2,1-3H3,(H,36,37,38)/t19-,20-/m1/s1. The van der Waals surface area contributed by atoms with Crippen molar-refractivity contribution in [1.29, 1.82) is 0 Å². The number of hydrogen-bond acceptors (Lipinski definition) is 8. The lowest BCUT2D eigenvalue weighted by Crippen LogP contribution is -2.34. The van der Waals surface area contributed by atoms with E-state index in [1.54, 1.807) is 11.0 Å². The molecule has 1 N–H and O–H groups in total. The largest absolute Gasteiger partial charge is 0.434 e. The molecule has 41 heavy (non-hydrogen) atoms. The van der Waals surface area contributed by atoms with Gasteiger partial charge >= 0.3 is 17.0 Å². The summed E-state index contributed by atoms with van der Waals surface area (Å²) in [4.78, 5) is 28.6. The fourth-order valence-corrected chi connectivity index (χ4v) is 6.41. The Morgan fingerprint density at radius 2 is 1.85 bits per heavy atom. The van der Waals surface area contributed by atoms with Gasteiger partial charge in [-0.15, -0.1) is 0 Å². The third-order valence-corrected chi connectivity index (χ3v) is 8.06. The zero-order valence-corrected chi connectivity index (χ0v) is 23.0. The number of amides is 1. The van der Waals surface area contributed by atoms with E-state index in [0.29, 0.717) is 41.0 Å². The zero-order valence-electron chi connectivity index (χ0n) is 22.2. The number of carbonyl (C=O) groups excluding carboxylic acids is 1. The van der Waals surface area contributed by atoms with Crippen LogP contribution in [0.25, 0.3) is 22.2 Å². The Kier molecular flexibility index (Phi) is 6.32. The second kappa shape index (κ2) is 9.53. The summed E-state index contributed by atoms with van der Waals surface area (Å²) in [5.41, 5.74) is 1.94. The minimum absolute atomic E-state index is 0.0442. The molecular weight excluding hydrogens is 560 g/mol. The van der Waals surface area contributed by atoms with E-state index in [-0.39, 0.29) is 23.5 Å². The SMILES string of the molecule is CCN1C(=O)c2cccc(OC(F)F)c2[C@H]2C[C@@H]1c1nc3ccc(-c4cnc(C(C)(C)OS(=O)(=O)O)nc4)cc3n12. The Bertz CT molecular complexity index is 1790. The van der Waals surface area contributed by atoms with Crippen LogP contribution in [0, 0.1) is 0 Å². The number of rotatable bonds is 7. The molecule has 4 heterocycles. The number of alkyl halides is 2. The van der Waals surface area contributed by atoms with Gasteiger partial charge in [-0.05, 0) is 50.6 Å². The van der Waals surface area contributed by atoms with Gasteiger partial charge in [0, 0.05) is 42.0 Å². The van der Waals surface area contributed by atoms with Gasteiger partial charge < -0.3 is 14.2 Å². The van der Waals surface area contributed by atoms with Gasteiger partial charge in [0.05, 0.1) is 23.1 Å². The average molecular weight is 586 g/mol. The first-order valence-electron chi connectivity index (χ1n) is 12.8. The smallest absolute Gasteiger partial charge is 0.398 e. The lowest BCUT2D eigenvalue weighted by Gasteiger charge is -2.27. The third-order valence-electron chi connectivity index (χ3n) is 7.43. The van der Waals surface area contributed by atoms with E-state index in [1.807, 2.05) is 29.7 Å². The molecule has 1 amide bonds. The Morgan fingerprint density at radius 1 is 1.12 bits per heavy atom. The van der Waals surface area contributed by atoms with Crippen LogP contribution < -0.4 is 4.74 Å². The van der Waals surface area contributed by atoms with Crippen molar-refractivity contribution in [2.24, 2.45) is 0 Å². The Morgan fingerprint density at radius 3 is 2.51 bits per heavy atom. The molecule has 2 aromatic carbocycles. The van der Waals surface area contributed by atoms with Crippen LogP contribution in [0.2, 0.25) is 0 Å². The minimum Gasteiger partial charge on any atom is -0.434 e. The average Bonchev–Trinajstić information content (AvgIpc) is 3.41. The summed E-state index contributed by atoms with van der Waals surface area (Å²) in [6.45, 7) is 2.04. The summed E-state index contributed by atoms with van der Waals surface area (Å²) in [7, 11) is -4.73. The van der Waals surface area contributed by atoms with E-state index in [4.69, 9.17) is 18.5 Å². The minimum atomic E-state index is -4.73. The van der Waals surface area contributed by atoms with Gasteiger partial charge in [-0.2, -0.15) is 17.2 Å². The number of hydrogen-bond donors (Lipinski definition) is 1. The molecule has 2 aliphatic rings. The fourth-order valence-electron chi connectivity index (χ4n) is 5.81. The van der Waals surface area contributed by atoms with Gasteiger partial charge in [0.2, 0.25) is 0 Å². The van der Waals surface area contributed by atoms with E-state index >= 15 is 0 Å². The first kappa shape index (κ1) is 27.2. The van der Waals surface area contributed by atoms with Crippen LogP contribution >= 0.6 is 0 Å². The highest BCUT2D eigenvalue weighted by Crippen LogP contribution is 2.50. The first-order valence-corrected chi connectivity index (χ1v) is 14.2. The molecule has 0 aliphatic carbocycles. The van der Waals surface area contributed by atoms with Gasteiger partial charge in [0.1, 0.15) is 17.2 Å². The highest BCUT2D eigenvalue weighted by atomic mass is 32.3. The van der Waals surface area contributed by atoms with Crippen LogP contribution in [0.4, 0.5) is 8.78 Å². The van der Waals surface area contributed by atoms with Crippen LogP contribution in [0.3, 0.4) is 0 Å². The number of imidazole rings is 1. The maximum absolute atomic E-state index is 13.5. The van der Waals surface area contributed by atoms with E-state index < -0.39 is 28.7 Å². The number of ether oxygens (including phenoxy) is 1. The molecule has 0 fully saturated rings. The topological polar surface area (TPSA) is 137 Å². The molecule has 0 radical (unpaired) electrons. The van der Waals surface area contributed by atoms with Crippen LogP contribution in [-0.4, -0.2) is 56.5 Å². The number of aromatic nitrogens is 4. The first-order chi connectivity index (χ1) is 19.4. The van der Waals surface area contributed by atoms with Crippen LogP contribution in [0.15, 0.2) is 48.8 Å². The Hall–Kier alpha value is -4.01. The van der Waals surface area contributed by atoms with Crippen molar-refractivity contribution in [3.63, 3.8) is 0 Å². The molecule has 214 valence electrons. The molecule has 2 atom stereocenters. The lowest BCUT2D eigenvalue weighted by atomic mass is 9.97. The number of nitrogens with zero attached hydrogens (tertiary/aromatic N) is 5. The van der Waals surface area contributed by atoms with Gasteiger partial charge in [0.25, 0.3) is 5.91 Å². The van der Waals surface area contributed by atoms with Gasteiger partial charge in [-0.1, -0.05) is 12.1 Å². The molecule has 4 aromatic rings. The molecule has 2 aromatic heterocycles. The number of halogens is 2. The normalized spacial score (nSPS) is 18.5. The fraction of sp³-hybridized carbons (Fsp3) is 0.333.